The summed E-state index contributed by atoms with van der Waals surface area (Å²) in [7, 11) is 0. The molecule has 0 aliphatic heterocycles. The molecule has 2 aliphatic carbocycles. The standard InChI is InChI=1S/C14H15NO3S/c16-13(15-7-10-2-1-5-19-10)11-8-3-4-9(6-8)12(11)14(17)18/h1-5,8-9,11-12H,6-7H2,(H,15,16)(H,17,18)/t8-,9+,11-,12+/m0/s1. The van der Waals surface area contributed by atoms with Gasteiger partial charge in [-0.25, -0.2) is 0 Å². The number of rotatable bonds is 4. The van der Waals surface area contributed by atoms with E-state index in [1.165, 1.54) is 0 Å². The topological polar surface area (TPSA) is 66.4 Å². The molecule has 0 saturated heterocycles. The van der Waals surface area contributed by atoms with Gasteiger partial charge in [0.1, 0.15) is 0 Å². The van der Waals surface area contributed by atoms with Gasteiger partial charge in [-0.15, -0.1) is 11.3 Å². The van der Waals surface area contributed by atoms with Crippen LogP contribution in [-0.2, 0) is 16.1 Å². The largest absolute Gasteiger partial charge is 0.481 e. The van der Waals surface area contributed by atoms with Crippen molar-refractivity contribution in [1.82, 2.24) is 5.32 Å². The summed E-state index contributed by atoms with van der Waals surface area (Å²) in [5.41, 5.74) is 0. The van der Waals surface area contributed by atoms with Crippen LogP contribution >= 0.6 is 11.3 Å². The van der Waals surface area contributed by atoms with E-state index >= 15 is 0 Å². The highest BCUT2D eigenvalue weighted by molar-refractivity contribution is 7.09. The first-order chi connectivity index (χ1) is 9.16. The lowest BCUT2D eigenvalue weighted by molar-refractivity contribution is -0.147. The van der Waals surface area contributed by atoms with Crippen LogP contribution in [0.25, 0.3) is 0 Å². The van der Waals surface area contributed by atoms with Crippen molar-refractivity contribution in [2.24, 2.45) is 23.7 Å². The van der Waals surface area contributed by atoms with E-state index in [1.807, 2.05) is 29.7 Å². The number of fused-ring (bicyclic) bond motifs is 2. The lowest BCUT2D eigenvalue weighted by Gasteiger charge is -2.23. The first-order valence-electron chi connectivity index (χ1n) is 6.38. The Balaban J connectivity index is 1.68. The molecule has 0 spiro atoms. The normalized spacial score (nSPS) is 31.6. The Labute approximate surface area is 115 Å². The van der Waals surface area contributed by atoms with Crippen LogP contribution in [0, 0.1) is 23.7 Å². The molecule has 2 bridgehead atoms. The van der Waals surface area contributed by atoms with Crippen molar-refractivity contribution < 1.29 is 14.7 Å². The second-order valence-corrected chi connectivity index (χ2v) is 6.17. The van der Waals surface area contributed by atoms with E-state index in [9.17, 15) is 14.7 Å². The fourth-order valence-electron chi connectivity index (χ4n) is 3.22. The van der Waals surface area contributed by atoms with Gasteiger partial charge in [0, 0.05) is 4.88 Å². The molecule has 2 N–H and O–H groups in total. The molecule has 1 saturated carbocycles. The summed E-state index contributed by atoms with van der Waals surface area (Å²) < 4.78 is 0. The molecular formula is C14H15NO3S. The lowest BCUT2D eigenvalue weighted by Crippen LogP contribution is -2.39. The lowest BCUT2D eigenvalue weighted by atomic mass is 9.82. The van der Waals surface area contributed by atoms with Crippen molar-refractivity contribution in [3.63, 3.8) is 0 Å². The number of carbonyl (C=O) groups excluding carboxylic acids is 1. The molecule has 0 unspecified atom stereocenters. The van der Waals surface area contributed by atoms with E-state index in [4.69, 9.17) is 0 Å². The molecule has 4 atom stereocenters. The Morgan fingerprint density at radius 2 is 2.05 bits per heavy atom. The van der Waals surface area contributed by atoms with Crippen LogP contribution in [0.2, 0.25) is 0 Å². The van der Waals surface area contributed by atoms with Crippen LogP contribution in [0.4, 0.5) is 0 Å². The van der Waals surface area contributed by atoms with Gasteiger partial charge >= 0.3 is 5.97 Å². The minimum atomic E-state index is -0.854. The van der Waals surface area contributed by atoms with Crippen LogP contribution in [0.1, 0.15) is 11.3 Å². The molecule has 0 aromatic carbocycles. The summed E-state index contributed by atoms with van der Waals surface area (Å²) >= 11 is 1.58. The van der Waals surface area contributed by atoms with Crippen LogP contribution in [0.3, 0.4) is 0 Å². The maximum Gasteiger partial charge on any atom is 0.307 e. The summed E-state index contributed by atoms with van der Waals surface area (Å²) in [5, 5.41) is 14.1. The summed E-state index contributed by atoms with van der Waals surface area (Å²) in [5.74, 6) is -1.83. The predicted molar refractivity (Wildman–Crippen MR) is 71.5 cm³/mol. The molecule has 1 heterocycles. The number of hydrogen-bond acceptors (Lipinski definition) is 3. The number of carbonyl (C=O) groups is 2. The Kier molecular flexibility index (Phi) is 3.14. The second-order valence-electron chi connectivity index (χ2n) is 5.14. The van der Waals surface area contributed by atoms with Gasteiger partial charge in [0.2, 0.25) is 5.91 Å². The molecule has 2 aliphatic rings. The Morgan fingerprint density at radius 1 is 1.32 bits per heavy atom. The summed E-state index contributed by atoms with van der Waals surface area (Å²) in [6.45, 7) is 0.487. The monoisotopic (exact) mass is 277 g/mol. The van der Waals surface area contributed by atoms with E-state index < -0.39 is 17.8 Å². The van der Waals surface area contributed by atoms with Crippen molar-refractivity contribution in [1.29, 1.82) is 0 Å². The van der Waals surface area contributed by atoms with Gasteiger partial charge in [-0.3, -0.25) is 9.59 Å². The van der Waals surface area contributed by atoms with Crippen molar-refractivity contribution >= 4 is 23.2 Å². The molecule has 5 heteroatoms. The average molecular weight is 277 g/mol. The third kappa shape index (κ3) is 2.18. The zero-order valence-electron chi connectivity index (χ0n) is 10.3. The SMILES string of the molecule is O=C(NCc1cccs1)[C@@H]1[C@H](C(=O)O)[C@@H]2C=C[C@H]1C2. The minimum absolute atomic E-state index is 0.0278. The Hall–Kier alpha value is -1.62. The van der Waals surface area contributed by atoms with Crippen LogP contribution in [0.15, 0.2) is 29.7 Å². The average Bonchev–Trinajstić information content (AvgIpc) is 3.10. The molecule has 1 aromatic heterocycles. The van der Waals surface area contributed by atoms with Gasteiger partial charge < -0.3 is 10.4 Å². The van der Waals surface area contributed by atoms with Gasteiger partial charge in [-0.2, -0.15) is 0 Å². The zero-order chi connectivity index (χ0) is 13.4. The van der Waals surface area contributed by atoms with Crippen molar-refractivity contribution in [2.45, 2.75) is 13.0 Å². The number of aliphatic carboxylic acids is 1. The second kappa shape index (κ2) is 4.81. The number of thiophene rings is 1. The van der Waals surface area contributed by atoms with Gasteiger partial charge in [-0.05, 0) is 29.7 Å². The minimum Gasteiger partial charge on any atom is -0.481 e. The maximum atomic E-state index is 12.2. The van der Waals surface area contributed by atoms with E-state index in [1.54, 1.807) is 11.3 Å². The van der Waals surface area contributed by atoms with Crippen molar-refractivity contribution in [3.05, 3.63) is 34.5 Å². The summed E-state index contributed by atoms with van der Waals surface area (Å²) in [6, 6.07) is 3.90. The number of carboxylic acids is 1. The third-order valence-electron chi connectivity index (χ3n) is 4.06. The highest BCUT2D eigenvalue weighted by Crippen LogP contribution is 2.48. The van der Waals surface area contributed by atoms with Gasteiger partial charge in [0.25, 0.3) is 0 Å². The maximum absolute atomic E-state index is 12.2. The molecule has 19 heavy (non-hydrogen) atoms. The van der Waals surface area contributed by atoms with Crippen LogP contribution in [0.5, 0.6) is 0 Å². The van der Waals surface area contributed by atoms with Gasteiger partial charge in [0.05, 0.1) is 18.4 Å². The van der Waals surface area contributed by atoms with Crippen LogP contribution in [-0.4, -0.2) is 17.0 Å². The number of hydrogen-bond donors (Lipinski definition) is 2. The molecule has 100 valence electrons. The molecule has 4 nitrogen and oxygen atoms in total. The first-order valence-corrected chi connectivity index (χ1v) is 7.26. The van der Waals surface area contributed by atoms with E-state index in [2.05, 4.69) is 5.32 Å². The molecule has 1 aromatic rings. The van der Waals surface area contributed by atoms with Crippen molar-refractivity contribution in [3.8, 4) is 0 Å². The van der Waals surface area contributed by atoms with Crippen LogP contribution < -0.4 is 5.32 Å². The third-order valence-corrected chi connectivity index (χ3v) is 4.94. The molecule has 3 rings (SSSR count). The van der Waals surface area contributed by atoms with Gasteiger partial charge in [-0.1, -0.05) is 18.2 Å². The summed E-state index contributed by atoms with van der Waals surface area (Å²) in [4.78, 5) is 24.7. The van der Waals surface area contributed by atoms with Crippen molar-refractivity contribution in [2.75, 3.05) is 0 Å². The molecule has 0 radical (unpaired) electrons. The fourth-order valence-corrected chi connectivity index (χ4v) is 3.87. The highest BCUT2D eigenvalue weighted by atomic mass is 32.1. The number of nitrogens with one attached hydrogen (secondary N) is 1. The number of allylic oxidation sites excluding steroid dienone is 2. The fraction of sp³-hybridized carbons (Fsp3) is 0.429. The summed E-state index contributed by atoms with van der Waals surface area (Å²) in [6.07, 6.45) is 4.75. The Bertz CT molecular complexity index is 523. The molecular weight excluding hydrogens is 262 g/mol. The van der Waals surface area contributed by atoms with Gasteiger partial charge in [0.15, 0.2) is 0 Å². The highest BCUT2D eigenvalue weighted by Gasteiger charge is 2.51. The van der Waals surface area contributed by atoms with E-state index in [0.717, 1.165) is 11.3 Å². The Morgan fingerprint density at radius 3 is 2.68 bits per heavy atom. The molecule has 1 amide bonds. The first kappa shape index (κ1) is 12.4. The number of amides is 1. The predicted octanol–water partition coefficient (Wildman–Crippen LogP) is 1.89. The zero-order valence-corrected chi connectivity index (χ0v) is 11.1. The van der Waals surface area contributed by atoms with E-state index in [-0.39, 0.29) is 17.7 Å². The molecule has 1 fully saturated rings. The van der Waals surface area contributed by atoms with E-state index in [0.29, 0.717) is 6.54 Å². The smallest absolute Gasteiger partial charge is 0.307 e. The quantitative estimate of drug-likeness (QED) is 0.826. The number of carboxylic acid groups (broad SMARTS) is 1.